The topological polar surface area (TPSA) is 57.2 Å². The smallest absolute Gasteiger partial charge is 0.184 e. The first-order chi connectivity index (χ1) is 9.68. The SMILES string of the molecule is C[Si](C)(C)OC[C@H]1OC(O)[C@H](O[Si](C)(C)C)[C@H]1O[Si](C)(C)C. The standard InChI is InChI=1S/C14H34O5Si3/c1-20(2,3)16-10-11-12(18-21(4,5)6)13(14(15)17-11)19-22(7,8)9/h11-15H,10H2,1-9H3/t11-,12+,13-,14?/m1/s1. The molecule has 0 aromatic carbocycles. The lowest BCUT2D eigenvalue weighted by Crippen LogP contribution is -2.49. The van der Waals surface area contributed by atoms with Gasteiger partial charge in [-0.05, 0) is 58.9 Å². The van der Waals surface area contributed by atoms with Gasteiger partial charge in [0, 0.05) is 0 Å². The molecule has 0 spiro atoms. The number of rotatable bonds is 7. The minimum atomic E-state index is -1.81. The van der Waals surface area contributed by atoms with Crippen molar-refractivity contribution in [2.24, 2.45) is 0 Å². The molecular formula is C14H34O5Si3. The van der Waals surface area contributed by atoms with Gasteiger partial charge in [0.15, 0.2) is 31.2 Å². The molecule has 1 heterocycles. The molecular weight excluding hydrogens is 332 g/mol. The van der Waals surface area contributed by atoms with Gasteiger partial charge in [-0.3, -0.25) is 0 Å². The van der Waals surface area contributed by atoms with E-state index in [1.165, 1.54) is 0 Å². The molecule has 0 amide bonds. The number of aliphatic hydroxyl groups is 1. The Hall–Kier alpha value is 0.451. The summed E-state index contributed by atoms with van der Waals surface area (Å²) < 4.78 is 24.1. The van der Waals surface area contributed by atoms with Gasteiger partial charge in [0.1, 0.15) is 18.3 Å². The molecule has 1 rings (SSSR count). The lowest BCUT2D eigenvalue weighted by Gasteiger charge is -2.33. The Morgan fingerprint density at radius 3 is 1.64 bits per heavy atom. The minimum absolute atomic E-state index is 0.259. The molecule has 0 aromatic heterocycles. The molecule has 4 atom stereocenters. The van der Waals surface area contributed by atoms with E-state index in [0.717, 1.165) is 0 Å². The Labute approximate surface area is 138 Å². The minimum Gasteiger partial charge on any atom is -0.415 e. The second-order valence-electron chi connectivity index (χ2n) is 8.88. The van der Waals surface area contributed by atoms with Crippen molar-refractivity contribution in [3.05, 3.63) is 0 Å². The van der Waals surface area contributed by atoms with Gasteiger partial charge in [0.05, 0.1) is 6.61 Å². The van der Waals surface area contributed by atoms with Crippen molar-refractivity contribution in [2.45, 2.75) is 83.5 Å². The van der Waals surface area contributed by atoms with Gasteiger partial charge in [-0.15, -0.1) is 0 Å². The van der Waals surface area contributed by atoms with Gasteiger partial charge < -0.3 is 23.1 Å². The fourth-order valence-electron chi connectivity index (χ4n) is 2.26. The predicted octanol–water partition coefficient (Wildman–Crippen LogP) is 3.00. The summed E-state index contributed by atoms with van der Waals surface area (Å²) in [4.78, 5) is 0. The van der Waals surface area contributed by atoms with E-state index in [2.05, 4.69) is 58.9 Å². The van der Waals surface area contributed by atoms with Crippen LogP contribution in [0.1, 0.15) is 0 Å². The van der Waals surface area contributed by atoms with Crippen LogP contribution in [0.5, 0.6) is 0 Å². The highest BCUT2D eigenvalue weighted by molar-refractivity contribution is 6.70. The molecule has 1 aliphatic rings. The Morgan fingerprint density at radius 1 is 0.773 bits per heavy atom. The lowest BCUT2D eigenvalue weighted by atomic mass is 10.1. The third-order valence-corrected chi connectivity index (χ3v) is 5.94. The highest BCUT2D eigenvalue weighted by Gasteiger charge is 2.48. The zero-order valence-electron chi connectivity index (χ0n) is 15.6. The number of hydrogen-bond acceptors (Lipinski definition) is 5. The molecule has 1 N–H and O–H groups in total. The van der Waals surface area contributed by atoms with Gasteiger partial charge >= 0.3 is 0 Å². The van der Waals surface area contributed by atoms with Gasteiger partial charge in [-0.25, -0.2) is 0 Å². The molecule has 1 fully saturated rings. The van der Waals surface area contributed by atoms with Crippen LogP contribution in [0.15, 0.2) is 0 Å². The summed E-state index contributed by atoms with van der Waals surface area (Å²) in [5.41, 5.74) is 0. The van der Waals surface area contributed by atoms with Crippen molar-refractivity contribution < 1.29 is 23.1 Å². The zero-order valence-corrected chi connectivity index (χ0v) is 18.6. The van der Waals surface area contributed by atoms with Gasteiger partial charge in [0.25, 0.3) is 0 Å². The quantitative estimate of drug-likeness (QED) is 0.702. The van der Waals surface area contributed by atoms with E-state index < -0.39 is 37.3 Å². The first-order valence-corrected chi connectivity index (χ1v) is 18.2. The van der Waals surface area contributed by atoms with E-state index in [1.807, 2.05) is 0 Å². The average molecular weight is 367 g/mol. The van der Waals surface area contributed by atoms with Crippen molar-refractivity contribution in [1.29, 1.82) is 0 Å². The lowest BCUT2D eigenvalue weighted by molar-refractivity contribution is -0.128. The number of hydrogen-bond donors (Lipinski definition) is 1. The number of aliphatic hydroxyl groups excluding tert-OH is 1. The van der Waals surface area contributed by atoms with Crippen LogP contribution in [0.3, 0.4) is 0 Å². The van der Waals surface area contributed by atoms with E-state index in [9.17, 15) is 5.11 Å². The van der Waals surface area contributed by atoms with Crippen LogP contribution in [0.4, 0.5) is 0 Å². The zero-order chi connectivity index (χ0) is 17.3. The van der Waals surface area contributed by atoms with Gasteiger partial charge in [-0.2, -0.15) is 0 Å². The second-order valence-corrected chi connectivity index (χ2v) is 22.3. The van der Waals surface area contributed by atoms with Crippen molar-refractivity contribution >= 4 is 25.0 Å². The molecule has 132 valence electrons. The third-order valence-electron chi connectivity index (χ3n) is 2.95. The molecule has 0 bridgehead atoms. The van der Waals surface area contributed by atoms with E-state index in [0.29, 0.717) is 6.61 Å². The van der Waals surface area contributed by atoms with Gasteiger partial charge in [-0.1, -0.05) is 0 Å². The molecule has 1 saturated heterocycles. The molecule has 8 heteroatoms. The average Bonchev–Trinajstić information content (AvgIpc) is 2.49. The maximum Gasteiger partial charge on any atom is 0.184 e. The first-order valence-electron chi connectivity index (χ1n) is 8.01. The Balaban J connectivity index is 2.87. The molecule has 0 aromatic rings. The summed E-state index contributed by atoms with van der Waals surface area (Å²) in [5.74, 6) is 0. The Kier molecular flexibility index (Phi) is 6.65. The first kappa shape index (κ1) is 20.5. The number of ether oxygens (including phenoxy) is 1. The van der Waals surface area contributed by atoms with Crippen molar-refractivity contribution in [2.75, 3.05) is 6.61 Å². The summed E-state index contributed by atoms with van der Waals surface area (Å²) in [5, 5.41) is 10.3. The highest BCUT2D eigenvalue weighted by atomic mass is 28.4. The second kappa shape index (κ2) is 7.14. The highest BCUT2D eigenvalue weighted by Crippen LogP contribution is 2.30. The van der Waals surface area contributed by atoms with E-state index in [4.69, 9.17) is 18.0 Å². The maximum absolute atomic E-state index is 10.3. The summed E-state index contributed by atoms with van der Waals surface area (Å²) in [6.45, 7) is 19.6. The Morgan fingerprint density at radius 2 is 1.23 bits per heavy atom. The van der Waals surface area contributed by atoms with Crippen LogP contribution in [0, 0.1) is 0 Å². The molecule has 0 radical (unpaired) electrons. The summed E-state index contributed by atoms with van der Waals surface area (Å²) >= 11 is 0. The van der Waals surface area contributed by atoms with Crippen LogP contribution in [-0.4, -0.2) is 61.3 Å². The molecule has 0 aliphatic carbocycles. The van der Waals surface area contributed by atoms with Crippen molar-refractivity contribution in [3.63, 3.8) is 0 Å². The van der Waals surface area contributed by atoms with Gasteiger partial charge in [0.2, 0.25) is 0 Å². The summed E-state index contributed by atoms with van der Waals surface area (Å²) in [6, 6.07) is 0. The maximum atomic E-state index is 10.3. The normalized spacial score (nSPS) is 30.8. The van der Waals surface area contributed by atoms with E-state index >= 15 is 0 Å². The van der Waals surface area contributed by atoms with E-state index in [-0.39, 0.29) is 12.2 Å². The fraction of sp³-hybridized carbons (Fsp3) is 1.00. The van der Waals surface area contributed by atoms with Crippen LogP contribution < -0.4 is 0 Å². The third kappa shape index (κ3) is 7.35. The van der Waals surface area contributed by atoms with Crippen LogP contribution in [-0.2, 0) is 18.0 Å². The summed E-state index contributed by atoms with van der Waals surface area (Å²) in [6.07, 6.45) is -1.89. The van der Waals surface area contributed by atoms with Crippen LogP contribution in [0.25, 0.3) is 0 Å². The van der Waals surface area contributed by atoms with Crippen molar-refractivity contribution in [1.82, 2.24) is 0 Å². The monoisotopic (exact) mass is 366 g/mol. The van der Waals surface area contributed by atoms with Crippen LogP contribution >= 0.6 is 0 Å². The molecule has 1 unspecified atom stereocenters. The molecule has 1 aliphatic heterocycles. The summed E-state index contributed by atoms with van der Waals surface area (Å²) in [7, 11) is -5.23. The largest absolute Gasteiger partial charge is 0.415 e. The molecule has 5 nitrogen and oxygen atoms in total. The molecule has 0 saturated carbocycles. The fourth-order valence-corrected chi connectivity index (χ4v) is 5.09. The van der Waals surface area contributed by atoms with Crippen LogP contribution in [0.2, 0.25) is 58.9 Å². The Bertz CT molecular complexity index is 359. The molecule has 22 heavy (non-hydrogen) atoms. The van der Waals surface area contributed by atoms with E-state index in [1.54, 1.807) is 0 Å². The van der Waals surface area contributed by atoms with Crippen molar-refractivity contribution in [3.8, 4) is 0 Å². The predicted molar refractivity (Wildman–Crippen MR) is 96.6 cm³/mol.